The number of thioether (sulfide) groups is 1. The molecule has 0 aliphatic carbocycles. The van der Waals surface area contributed by atoms with Crippen LogP contribution in [-0.4, -0.2) is 29.0 Å². The third-order valence-corrected chi connectivity index (χ3v) is 3.89. The van der Waals surface area contributed by atoms with E-state index in [1.165, 1.54) is 0 Å². The Kier molecular flexibility index (Phi) is 4.14. The number of benzene rings is 1. The first kappa shape index (κ1) is 13.2. The van der Waals surface area contributed by atoms with Crippen LogP contribution in [0.1, 0.15) is 24.8 Å². The topological polar surface area (TPSA) is 58.6 Å². The molecule has 1 fully saturated rings. The van der Waals surface area contributed by atoms with E-state index in [1.54, 1.807) is 11.8 Å². The maximum atomic E-state index is 10.9. The summed E-state index contributed by atoms with van der Waals surface area (Å²) in [5.74, 6) is 0.603. The van der Waals surface area contributed by atoms with Gasteiger partial charge in [-0.25, -0.2) is 0 Å². The van der Waals surface area contributed by atoms with Crippen molar-refractivity contribution < 1.29 is 14.6 Å². The largest absolute Gasteiger partial charge is 0.491 e. The molecule has 5 heteroatoms. The van der Waals surface area contributed by atoms with Crippen molar-refractivity contribution in [3.8, 4) is 5.75 Å². The van der Waals surface area contributed by atoms with Crippen LogP contribution in [0.2, 0.25) is 0 Å². The maximum Gasteiger partial charge on any atom is 0.321 e. The molecule has 2 atom stereocenters. The van der Waals surface area contributed by atoms with Crippen LogP contribution in [0.5, 0.6) is 5.75 Å². The van der Waals surface area contributed by atoms with Gasteiger partial charge < -0.3 is 9.84 Å². The van der Waals surface area contributed by atoms with Gasteiger partial charge in [-0.05, 0) is 19.9 Å². The van der Waals surface area contributed by atoms with Crippen molar-refractivity contribution >= 4 is 17.7 Å². The molecule has 0 aromatic heterocycles. The standard InChI is InChI=1S/C13H17NO3S/c1-8(2)17-11-6-4-3-5-9(11)12-14-10(7-18-12)13(15)16/h3-6,8,10,12,14H,7H2,1-2H3,(H,15,16)/t10-,12-/m0/s1. The van der Waals surface area contributed by atoms with Gasteiger partial charge in [0.05, 0.1) is 11.5 Å². The predicted molar refractivity (Wildman–Crippen MR) is 72.0 cm³/mol. The highest BCUT2D eigenvalue weighted by Crippen LogP contribution is 2.37. The molecule has 0 unspecified atom stereocenters. The van der Waals surface area contributed by atoms with E-state index in [-0.39, 0.29) is 11.5 Å². The van der Waals surface area contributed by atoms with Gasteiger partial charge in [0.2, 0.25) is 0 Å². The maximum absolute atomic E-state index is 10.9. The minimum absolute atomic E-state index is 0.0129. The lowest BCUT2D eigenvalue weighted by atomic mass is 10.2. The molecule has 1 aliphatic heterocycles. The van der Waals surface area contributed by atoms with Gasteiger partial charge >= 0.3 is 5.97 Å². The van der Waals surface area contributed by atoms with Crippen LogP contribution in [0.15, 0.2) is 24.3 Å². The van der Waals surface area contributed by atoms with Crippen LogP contribution in [0.25, 0.3) is 0 Å². The summed E-state index contributed by atoms with van der Waals surface area (Å²) >= 11 is 1.60. The van der Waals surface area contributed by atoms with Crippen molar-refractivity contribution in [3.05, 3.63) is 29.8 Å². The van der Waals surface area contributed by atoms with Crippen LogP contribution in [-0.2, 0) is 4.79 Å². The van der Waals surface area contributed by atoms with E-state index < -0.39 is 12.0 Å². The second kappa shape index (κ2) is 5.63. The number of carboxylic acids is 1. The Bertz CT molecular complexity index is 436. The third kappa shape index (κ3) is 2.97. The summed E-state index contributed by atoms with van der Waals surface area (Å²) < 4.78 is 5.75. The first-order valence-electron chi connectivity index (χ1n) is 5.94. The molecule has 0 saturated carbocycles. The molecule has 1 aliphatic rings. The molecular weight excluding hydrogens is 250 g/mol. The van der Waals surface area contributed by atoms with Gasteiger partial charge in [-0.1, -0.05) is 18.2 Å². The van der Waals surface area contributed by atoms with Crippen molar-refractivity contribution in [1.29, 1.82) is 0 Å². The number of ether oxygens (including phenoxy) is 1. The highest BCUT2D eigenvalue weighted by molar-refractivity contribution is 7.99. The zero-order chi connectivity index (χ0) is 13.1. The third-order valence-electron chi connectivity index (χ3n) is 2.64. The minimum atomic E-state index is -0.799. The van der Waals surface area contributed by atoms with Crippen LogP contribution in [0, 0.1) is 0 Å². The van der Waals surface area contributed by atoms with E-state index in [9.17, 15) is 4.79 Å². The Morgan fingerprint density at radius 1 is 1.50 bits per heavy atom. The highest BCUT2D eigenvalue weighted by atomic mass is 32.2. The molecule has 1 aromatic rings. The van der Waals surface area contributed by atoms with Gasteiger partial charge in [0, 0.05) is 11.3 Å². The fourth-order valence-corrected chi connectivity index (χ4v) is 3.11. The Balaban J connectivity index is 2.16. The van der Waals surface area contributed by atoms with Crippen molar-refractivity contribution in [3.63, 3.8) is 0 Å². The molecule has 2 rings (SSSR count). The van der Waals surface area contributed by atoms with Crippen molar-refractivity contribution in [2.45, 2.75) is 31.4 Å². The Morgan fingerprint density at radius 3 is 2.83 bits per heavy atom. The molecule has 2 N–H and O–H groups in total. The number of nitrogens with one attached hydrogen (secondary N) is 1. The number of aliphatic carboxylic acids is 1. The van der Waals surface area contributed by atoms with E-state index >= 15 is 0 Å². The van der Waals surface area contributed by atoms with Crippen molar-refractivity contribution in [2.24, 2.45) is 0 Å². The van der Waals surface area contributed by atoms with E-state index in [0.717, 1.165) is 11.3 Å². The Hall–Kier alpha value is -1.20. The molecule has 98 valence electrons. The van der Waals surface area contributed by atoms with Crippen molar-refractivity contribution in [2.75, 3.05) is 5.75 Å². The lowest BCUT2D eigenvalue weighted by Gasteiger charge is -2.18. The summed E-state index contributed by atoms with van der Waals surface area (Å²) in [6.07, 6.45) is 0.104. The molecule has 18 heavy (non-hydrogen) atoms. The Labute approximate surface area is 111 Å². The summed E-state index contributed by atoms with van der Waals surface area (Å²) in [5.41, 5.74) is 1.01. The van der Waals surface area contributed by atoms with Crippen LogP contribution >= 0.6 is 11.8 Å². The van der Waals surface area contributed by atoms with Crippen LogP contribution in [0.4, 0.5) is 0 Å². The number of carboxylic acid groups (broad SMARTS) is 1. The van der Waals surface area contributed by atoms with Gasteiger partial charge in [0.25, 0.3) is 0 Å². The molecule has 1 heterocycles. The van der Waals surface area contributed by atoms with E-state index in [2.05, 4.69) is 5.32 Å². The molecule has 0 spiro atoms. The molecule has 1 aromatic carbocycles. The fraction of sp³-hybridized carbons (Fsp3) is 0.462. The number of hydrogen-bond donors (Lipinski definition) is 2. The van der Waals surface area contributed by atoms with Gasteiger partial charge in [0.15, 0.2) is 0 Å². The monoisotopic (exact) mass is 267 g/mol. The lowest BCUT2D eigenvalue weighted by molar-refractivity contribution is -0.138. The summed E-state index contributed by atoms with van der Waals surface area (Å²) in [6.45, 7) is 3.96. The molecule has 1 saturated heterocycles. The van der Waals surface area contributed by atoms with E-state index in [0.29, 0.717) is 5.75 Å². The molecule has 0 amide bonds. The number of para-hydroxylation sites is 1. The second-order valence-corrected chi connectivity index (χ2v) is 5.61. The van der Waals surface area contributed by atoms with Gasteiger partial charge in [0.1, 0.15) is 11.8 Å². The van der Waals surface area contributed by atoms with Gasteiger partial charge in [-0.3, -0.25) is 10.1 Å². The average Bonchev–Trinajstić information content (AvgIpc) is 2.78. The minimum Gasteiger partial charge on any atom is -0.491 e. The predicted octanol–water partition coefficient (Wildman–Crippen LogP) is 2.26. The van der Waals surface area contributed by atoms with Crippen molar-refractivity contribution in [1.82, 2.24) is 5.32 Å². The summed E-state index contributed by atoms with van der Waals surface area (Å²) in [7, 11) is 0. The molecule has 0 bridgehead atoms. The molecule has 4 nitrogen and oxygen atoms in total. The van der Waals surface area contributed by atoms with Crippen LogP contribution < -0.4 is 10.1 Å². The first-order chi connectivity index (χ1) is 8.58. The summed E-state index contributed by atoms with van der Waals surface area (Å²) in [6, 6.07) is 7.29. The van der Waals surface area contributed by atoms with Gasteiger partial charge in [-0.15, -0.1) is 11.8 Å². The summed E-state index contributed by atoms with van der Waals surface area (Å²) in [5, 5.41) is 12.1. The number of hydrogen-bond acceptors (Lipinski definition) is 4. The van der Waals surface area contributed by atoms with Gasteiger partial charge in [-0.2, -0.15) is 0 Å². The quantitative estimate of drug-likeness (QED) is 0.876. The first-order valence-corrected chi connectivity index (χ1v) is 6.99. The lowest BCUT2D eigenvalue weighted by Crippen LogP contribution is -2.33. The fourth-order valence-electron chi connectivity index (χ4n) is 1.85. The highest BCUT2D eigenvalue weighted by Gasteiger charge is 2.31. The van der Waals surface area contributed by atoms with Crippen LogP contribution in [0.3, 0.4) is 0 Å². The summed E-state index contributed by atoms with van der Waals surface area (Å²) in [4.78, 5) is 10.9. The smallest absolute Gasteiger partial charge is 0.321 e. The SMILES string of the molecule is CC(C)Oc1ccccc1[C@H]1N[C@H](C(=O)O)CS1. The number of carbonyl (C=O) groups is 1. The average molecular weight is 267 g/mol. The zero-order valence-electron chi connectivity index (χ0n) is 10.4. The van der Waals surface area contributed by atoms with E-state index in [4.69, 9.17) is 9.84 Å². The molecule has 0 radical (unpaired) electrons. The van der Waals surface area contributed by atoms with E-state index in [1.807, 2.05) is 38.1 Å². The Morgan fingerprint density at radius 2 is 2.22 bits per heavy atom. The number of rotatable bonds is 4. The zero-order valence-corrected chi connectivity index (χ0v) is 11.2. The second-order valence-electron chi connectivity index (χ2n) is 4.48. The normalized spacial score (nSPS) is 23.3. The molecular formula is C13H17NO3S.